The lowest BCUT2D eigenvalue weighted by Crippen LogP contribution is -2.58. The molecule has 16 heteroatoms. The van der Waals surface area contributed by atoms with Gasteiger partial charge in [0.25, 0.3) is 5.91 Å². The molecule has 0 unspecified atom stereocenters. The summed E-state index contributed by atoms with van der Waals surface area (Å²) < 4.78 is 48.1. The number of carbonyl (C=O) groups is 5. The Labute approximate surface area is 319 Å². The highest BCUT2D eigenvalue weighted by atomic mass is 32.2. The van der Waals surface area contributed by atoms with E-state index in [-0.39, 0.29) is 38.9 Å². The number of carbonyl (C=O) groups excluding carboxylic acids is 5. The summed E-state index contributed by atoms with van der Waals surface area (Å²) in [7, 11) is -2.30. The fraction of sp³-hybridized carbons (Fsp3) is 0.513. The van der Waals surface area contributed by atoms with Crippen molar-refractivity contribution in [2.75, 3.05) is 13.6 Å². The molecule has 0 aromatic heterocycles. The van der Waals surface area contributed by atoms with E-state index in [1.54, 1.807) is 19.2 Å². The Bertz CT molecular complexity index is 1980. The number of benzene rings is 2. The highest BCUT2D eigenvalue weighted by Gasteiger charge is 2.62. The molecule has 3 N–H and O–H groups in total. The van der Waals surface area contributed by atoms with E-state index in [2.05, 4.69) is 15.4 Å². The fourth-order valence-corrected chi connectivity index (χ4v) is 9.13. The van der Waals surface area contributed by atoms with Gasteiger partial charge in [0.2, 0.25) is 21.8 Å². The predicted octanol–water partition coefficient (Wildman–Crippen LogP) is 3.46. The van der Waals surface area contributed by atoms with Crippen molar-refractivity contribution in [2.45, 2.75) is 106 Å². The van der Waals surface area contributed by atoms with Crippen LogP contribution in [0.2, 0.25) is 0 Å². The number of rotatable bonds is 7. The smallest absolute Gasteiger partial charge is 0.410 e. The second kappa shape index (κ2) is 15.6. The monoisotopic (exact) mass is 778 g/mol. The third-order valence-corrected chi connectivity index (χ3v) is 13.0. The number of ether oxygens (including phenoxy) is 1. The van der Waals surface area contributed by atoms with Crippen LogP contribution >= 0.6 is 0 Å². The van der Waals surface area contributed by atoms with Gasteiger partial charge in [-0.1, -0.05) is 67.5 Å². The summed E-state index contributed by atoms with van der Waals surface area (Å²) in [5.41, 5.74) is 0.386. The van der Waals surface area contributed by atoms with Crippen LogP contribution in [0.3, 0.4) is 0 Å². The zero-order valence-corrected chi connectivity index (χ0v) is 31.6. The first-order valence-corrected chi connectivity index (χ1v) is 20.5. The van der Waals surface area contributed by atoms with Gasteiger partial charge in [-0.15, -0.1) is 0 Å². The SMILES string of the molecule is CN(Cc1ccccc1)C(=O)N[C@H]1CCCCC/C=C\[C@@H]2C[C@@]2(C(=O)NS(=O)(=O)C2CC2)NC(=O)[C@@H]2C[C@@H](OC(=O)N3Cc4cccc(F)c4C3)CN2C1=O. The Hall–Kier alpha value is -4.99. The number of nitrogens with one attached hydrogen (secondary N) is 3. The van der Waals surface area contributed by atoms with Crippen LogP contribution in [0.4, 0.5) is 14.0 Å². The highest BCUT2D eigenvalue weighted by Crippen LogP contribution is 2.46. The second-order valence-corrected chi connectivity index (χ2v) is 17.3. The Morgan fingerprint density at radius 3 is 2.55 bits per heavy atom. The summed E-state index contributed by atoms with van der Waals surface area (Å²) in [5, 5.41) is 5.03. The number of nitrogens with zero attached hydrogens (tertiary/aromatic N) is 3. The van der Waals surface area contributed by atoms with Gasteiger partial charge in [-0.2, -0.15) is 0 Å². The van der Waals surface area contributed by atoms with Crippen LogP contribution in [-0.2, 0) is 48.8 Å². The van der Waals surface area contributed by atoms with Crippen molar-refractivity contribution in [1.29, 1.82) is 0 Å². The summed E-state index contributed by atoms with van der Waals surface area (Å²) in [6.07, 6.45) is 6.05. The predicted molar refractivity (Wildman–Crippen MR) is 198 cm³/mol. The topological polar surface area (TPSA) is 175 Å². The number of urea groups is 1. The Balaban J connectivity index is 1.13. The molecule has 14 nitrogen and oxygen atoms in total. The summed E-state index contributed by atoms with van der Waals surface area (Å²) in [6.45, 7) is 0.245. The first-order valence-electron chi connectivity index (χ1n) is 19.0. The van der Waals surface area contributed by atoms with E-state index in [0.29, 0.717) is 43.4 Å². The maximum Gasteiger partial charge on any atom is 0.410 e. The van der Waals surface area contributed by atoms with E-state index in [1.807, 2.05) is 42.5 Å². The van der Waals surface area contributed by atoms with Crippen LogP contribution in [0.5, 0.6) is 0 Å². The molecule has 2 saturated carbocycles. The quantitative estimate of drug-likeness (QED) is 0.359. The second-order valence-electron chi connectivity index (χ2n) is 15.3. The molecule has 0 spiro atoms. The van der Waals surface area contributed by atoms with Crippen LogP contribution < -0.4 is 15.4 Å². The third-order valence-electron chi connectivity index (χ3n) is 11.2. The molecule has 5 aliphatic rings. The minimum atomic E-state index is -3.92. The fourth-order valence-electron chi connectivity index (χ4n) is 7.76. The van der Waals surface area contributed by atoms with Gasteiger partial charge in [0.05, 0.1) is 18.3 Å². The Morgan fingerprint density at radius 1 is 1.02 bits per heavy atom. The van der Waals surface area contributed by atoms with Crippen molar-refractivity contribution in [3.63, 3.8) is 0 Å². The van der Waals surface area contributed by atoms with E-state index < -0.39 is 80.6 Å². The van der Waals surface area contributed by atoms with E-state index >= 15 is 0 Å². The van der Waals surface area contributed by atoms with Gasteiger partial charge in [-0.3, -0.25) is 24.0 Å². The van der Waals surface area contributed by atoms with Crippen molar-refractivity contribution < 1.29 is 41.5 Å². The number of fused-ring (bicyclic) bond motifs is 3. The molecule has 2 aliphatic carbocycles. The van der Waals surface area contributed by atoms with Gasteiger partial charge in [0.15, 0.2) is 0 Å². The zero-order chi connectivity index (χ0) is 38.9. The van der Waals surface area contributed by atoms with Crippen LogP contribution in [0, 0.1) is 11.7 Å². The van der Waals surface area contributed by atoms with E-state index in [4.69, 9.17) is 4.74 Å². The lowest BCUT2D eigenvalue weighted by atomic mass is 10.0. The van der Waals surface area contributed by atoms with Gasteiger partial charge in [0.1, 0.15) is 29.5 Å². The van der Waals surface area contributed by atoms with Gasteiger partial charge in [-0.05, 0) is 55.7 Å². The molecule has 0 bridgehead atoms. The molecule has 6 amide bonds. The molecule has 7 rings (SSSR count). The van der Waals surface area contributed by atoms with E-state index in [0.717, 1.165) is 18.4 Å². The number of hydrogen-bond donors (Lipinski definition) is 3. The summed E-state index contributed by atoms with van der Waals surface area (Å²) in [5.74, 6) is -3.00. The minimum Gasteiger partial charge on any atom is -0.444 e. The highest BCUT2D eigenvalue weighted by molar-refractivity contribution is 7.91. The van der Waals surface area contributed by atoms with Crippen molar-refractivity contribution in [3.05, 3.63) is 83.2 Å². The lowest BCUT2D eigenvalue weighted by Gasteiger charge is -2.30. The third kappa shape index (κ3) is 8.48. The molecule has 55 heavy (non-hydrogen) atoms. The maximum atomic E-state index is 14.5. The van der Waals surface area contributed by atoms with Crippen LogP contribution in [-0.4, -0.2) is 95.5 Å². The van der Waals surface area contributed by atoms with Gasteiger partial charge < -0.3 is 25.2 Å². The van der Waals surface area contributed by atoms with Crippen LogP contribution in [0.1, 0.15) is 74.5 Å². The van der Waals surface area contributed by atoms with E-state index in [1.165, 1.54) is 20.8 Å². The van der Waals surface area contributed by atoms with Gasteiger partial charge in [-0.25, -0.2) is 22.4 Å². The molecular formula is C39H47FN6O8S. The normalized spacial score (nSPS) is 27.3. The number of amides is 6. The zero-order valence-electron chi connectivity index (χ0n) is 30.7. The average molecular weight is 779 g/mol. The molecule has 3 aliphatic heterocycles. The number of allylic oxidation sites excluding steroid dienone is 1. The molecule has 2 aromatic rings. The molecule has 2 aromatic carbocycles. The minimum absolute atomic E-state index is 0.00102. The molecule has 1 saturated heterocycles. The van der Waals surface area contributed by atoms with Gasteiger partial charge >= 0.3 is 12.1 Å². The van der Waals surface area contributed by atoms with Crippen molar-refractivity contribution in [2.24, 2.45) is 5.92 Å². The Morgan fingerprint density at radius 2 is 1.80 bits per heavy atom. The Kier molecular flexibility index (Phi) is 10.9. The van der Waals surface area contributed by atoms with Crippen molar-refractivity contribution in [1.82, 2.24) is 30.1 Å². The molecule has 0 radical (unpaired) electrons. The molecule has 294 valence electrons. The summed E-state index contributed by atoms with van der Waals surface area (Å²) in [4.78, 5) is 73.5. The number of halogens is 1. The first kappa shape index (κ1) is 38.3. The molecule has 3 fully saturated rings. The summed E-state index contributed by atoms with van der Waals surface area (Å²) >= 11 is 0. The standard InChI is InChI=1S/C39H47FN6O8S/c1-44(21-25-11-6-5-7-12-25)37(50)41-32-16-9-4-2-3-8-14-27-20-39(27,36(49)43-55(52,53)29-17-18-29)42-34(47)33-19-28(23-46(33)35(32)48)54-38(51)45-22-26-13-10-15-31(40)30(26)24-45/h5-8,10-15,27-29,32-33H,2-4,9,16-24H2,1H3,(H,41,50)(H,42,47)(H,43,49)/b14-8-/t27-,28-,32+,33+,39-/m1/s1. The lowest BCUT2D eigenvalue weighted by molar-refractivity contribution is -0.141. The average Bonchev–Trinajstić information content (AvgIpc) is 4.04. The largest absolute Gasteiger partial charge is 0.444 e. The van der Waals surface area contributed by atoms with Gasteiger partial charge in [0, 0.05) is 38.0 Å². The molecule has 3 heterocycles. The molecular weight excluding hydrogens is 732 g/mol. The van der Waals surface area contributed by atoms with Crippen LogP contribution in [0.15, 0.2) is 60.7 Å². The van der Waals surface area contributed by atoms with E-state index in [9.17, 15) is 36.8 Å². The molecule has 5 atom stereocenters. The van der Waals surface area contributed by atoms with Crippen LogP contribution in [0.25, 0.3) is 0 Å². The number of hydrogen-bond acceptors (Lipinski definition) is 8. The van der Waals surface area contributed by atoms with Crippen molar-refractivity contribution in [3.8, 4) is 0 Å². The van der Waals surface area contributed by atoms with Crippen molar-refractivity contribution >= 4 is 39.9 Å². The maximum absolute atomic E-state index is 14.5. The summed E-state index contributed by atoms with van der Waals surface area (Å²) in [6, 6.07) is 11.3. The number of sulfonamides is 1. The first-order chi connectivity index (χ1) is 26.3.